The highest BCUT2D eigenvalue weighted by Gasteiger charge is 2.14. The molecule has 1 atom stereocenters. The van der Waals surface area contributed by atoms with Crippen LogP contribution in [0.2, 0.25) is 0 Å². The molecule has 94 valence electrons. The predicted octanol–water partition coefficient (Wildman–Crippen LogP) is 2.41. The lowest BCUT2D eigenvalue weighted by Gasteiger charge is -2.23. The molecule has 0 amide bonds. The van der Waals surface area contributed by atoms with Crippen LogP contribution < -0.4 is 15.8 Å². The lowest BCUT2D eigenvalue weighted by Crippen LogP contribution is -2.33. The van der Waals surface area contributed by atoms with E-state index >= 15 is 0 Å². The molecule has 1 aliphatic heterocycles. The van der Waals surface area contributed by atoms with E-state index in [0.717, 1.165) is 30.9 Å². The number of benzene rings is 1. The highest BCUT2D eigenvalue weighted by atomic mass is 16.5. The summed E-state index contributed by atoms with van der Waals surface area (Å²) < 4.78 is 5.60. The lowest BCUT2D eigenvalue weighted by atomic mass is 10.0. The SMILES string of the molecule is CC(C)C(CN)Nc1ccc2c(c1)CCCO2. The van der Waals surface area contributed by atoms with Crippen LogP contribution in [0.25, 0.3) is 0 Å². The monoisotopic (exact) mass is 234 g/mol. The number of aryl methyl sites for hydroxylation is 1. The van der Waals surface area contributed by atoms with Gasteiger partial charge in [-0.1, -0.05) is 13.8 Å². The first-order valence-corrected chi connectivity index (χ1v) is 6.43. The van der Waals surface area contributed by atoms with Gasteiger partial charge in [-0.25, -0.2) is 0 Å². The Bertz CT molecular complexity index is 376. The number of fused-ring (bicyclic) bond motifs is 1. The van der Waals surface area contributed by atoms with Gasteiger partial charge in [-0.15, -0.1) is 0 Å². The lowest BCUT2D eigenvalue weighted by molar-refractivity contribution is 0.288. The van der Waals surface area contributed by atoms with Crippen LogP contribution in [0.3, 0.4) is 0 Å². The van der Waals surface area contributed by atoms with E-state index in [1.54, 1.807) is 0 Å². The van der Waals surface area contributed by atoms with E-state index in [2.05, 4.69) is 37.4 Å². The van der Waals surface area contributed by atoms with Crippen molar-refractivity contribution in [2.45, 2.75) is 32.7 Å². The Morgan fingerprint density at radius 2 is 2.24 bits per heavy atom. The third kappa shape index (κ3) is 2.91. The zero-order valence-electron chi connectivity index (χ0n) is 10.7. The Labute approximate surface area is 103 Å². The Hall–Kier alpha value is -1.22. The van der Waals surface area contributed by atoms with Crippen molar-refractivity contribution in [1.82, 2.24) is 0 Å². The van der Waals surface area contributed by atoms with E-state index in [1.165, 1.54) is 5.56 Å². The number of rotatable bonds is 4. The standard InChI is InChI=1S/C14H22N2O/c1-10(2)13(9-15)16-12-5-6-14-11(8-12)4-3-7-17-14/h5-6,8,10,13,16H,3-4,7,9,15H2,1-2H3. The maximum Gasteiger partial charge on any atom is 0.122 e. The Morgan fingerprint density at radius 1 is 1.41 bits per heavy atom. The van der Waals surface area contributed by atoms with Crippen molar-refractivity contribution >= 4 is 5.69 Å². The van der Waals surface area contributed by atoms with Crippen molar-refractivity contribution in [3.8, 4) is 5.75 Å². The van der Waals surface area contributed by atoms with Gasteiger partial charge in [-0.2, -0.15) is 0 Å². The molecule has 2 rings (SSSR count). The van der Waals surface area contributed by atoms with Crippen molar-refractivity contribution in [3.05, 3.63) is 23.8 Å². The molecule has 0 aromatic heterocycles. The van der Waals surface area contributed by atoms with Gasteiger partial charge >= 0.3 is 0 Å². The molecule has 0 saturated carbocycles. The molecule has 1 aromatic carbocycles. The molecule has 0 radical (unpaired) electrons. The quantitative estimate of drug-likeness (QED) is 0.841. The number of anilines is 1. The first-order valence-electron chi connectivity index (χ1n) is 6.43. The normalized spacial score (nSPS) is 16.2. The average molecular weight is 234 g/mol. The van der Waals surface area contributed by atoms with Gasteiger partial charge < -0.3 is 15.8 Å². The maximum absolute atomic E-state index is 5.77. The number of nitrogens with one attached hydrogen (secondary N) is 1. The summed E-state index contributed by atoms with van der Waals surface area (Å²) in [6.07, 6.45) is 2.22. The van der Waals surface area contributed by atoms with Gasteiger partial charge in [0.25, 0.3) is 0 Å². The largest absolute Gasteiger partial charge is 0.493 e. The first-order chi connectivity index (χ1) is 8.20. The first kappa shape index (κ1) is 12.2. The third-order valence-electron chi connectivity index (χ3n) is 3.32. The highest BCUT2D eigenvalue weighted by molar-refractivity contribution is 5.52. The number of hydrogen-bond acceptors (Lipinski definition) is 3. The summed E-state index contributed by atoms with van der Waals surface area (Å²) in [5.41, 5.74) is 8.23. The average Bonchev–Trinajstić information content (AvgIpc) is 2.35. The van der Waals surface area contributed by atoms with E-state index in [1.807, 2.05) is 0 Å². The number of nitrogens with two attached hydrogens (primary N) is 1. The summed E-state index contributed by atoms with van der Waals surface area (Å²) in [6, 6.07) is 6.66. The molecule has 0 spiro atoms. The molecule has 0 fully saturated rings. The van der Waals surface area contributed by atoms with E-state index < -0.39 is 0 Å². The van der Waals surface area contributed by atoms with Gasteiger partial charge in [-0.3, -0.25) is 0 Å². The molecule has 3 N–H and O–H groups in total. The van der Waals surface area contributed by atoms with Gasteiger partial charge in [0.2, 0.25) is 0 Å². The van der Waals surface area contributed by atoms with Crippen LogP contribution in [0.4, 0.5) is 5.69 Å². The van der Waals surface area contributed by atoms with Crippen LogP contribution in [-0.4, -0.2) is 19.2 Å². The molecule has 1 heterocycles. The van der Waals surface area contributed by atoms with E-state index in [-0.39, 0.29) is 0 Å². The molecule has 0 saturated heterocycles. The molecule has 1 aromatic rings. The fraction of sp³-hybridized carbons (Fsp3) is 0.571. The fourth-order valence-corrected chi connectivity index (χ4v) is 2.16. The van der Waals surface area contributed by atoms with Gasteiger partial charge in [0.1, 0.15) is 5.75 Å². The van der Waals surface area contributed by atoms with Crippen molar-refractivity contribution in [3.63, 3.8) is 0 Å². The molecule has 3 nitrogen and oxygen atoms in total. The predicted molar refractivity (Wildman–Crippen MR) is 71.6 cm³/mol. The summed E-state index contributed by atoms with van der Waals surface area (Å²) in [5, 5.41) is 3.50. The molecule has 17 heavy (non-hydrogen) atoms. The maximum atomic E-state index is 5.77. The third-order valence-corrected chi connectivity index (χ3v) is 3.32. The van der Waals surface area contributed by atoms with Crippen LogP contribution in [0.5, 0.6) is 5.75 Å². The molecule has 0 bridgehead atoms. The minimum atomic E-state index is 0.331. The van der Waals surface area contributed by atoms with E-state index in [0.29, 0.717) is 18.5 Å². The van der Waals surface area contributed by atoms with Crippen LogP contribution in [0.15, 0.2) is 18.2 Å². The zero-order chi connectivity index (χ0) is 12.3. The molecule has 1 aliphatic rings. The second-order valence-corrected chi connectivity index (χ2v) is 5.01. The summed E-state index contributed by atoms with van der Waals surface area (Å²) in [5.74, 6) is 1.57. The van der Waals surface area contributed by atoms with Crippen molar-refractivity contribution in [2.24, 2.45) is 11.7 Å². The molecular weight excluding hydrogens is 212 g/mol. The van der Waals surface area contributed by atoms with Crippen molar-refractivity contribution in [1.29, 1.82) is 0 Å². The van der Waals surface area contributed by atoms with Crippen molar-refractivity contribution < 1.29 is 4.74 Å². The highest BCUT2D eigenvalue weighted by Crippen LogP contribution is 2.28. The molecule has 3 heteroatoms. The summed E-state index contributed by atoms with van der Waals surface area (Å²) >= 11 is 0. The second kappa shape index (κ2) is 5.41. The van der Waals surface area contributed by atoms with Crippen LogP contribution >= 0.6 is 0 Å². The summed E-state index contributed by atoms with van der Waals surface area (Å²) in [6.45, 7) is 5.88. The molecule has 1 unspecified atom stereocenters. The minimum absolute atomic E-state index is 0.331. The zero-order valence-corrected chi connectivity index (χ0v) is 10.7. The summed E-state index contributed by atoms with van der Waals surface area (Å²) in [7, 11) is 0. The topological polar surface area (TPSA) is 47.3 Å². The van der Waals surface area contributed by atoms with Crippen LogP contribution in [0.1, 0.15) is 25.8 Å². The fourth-order valence-electron chi connectivity index (χ4n) is 2.16. The van der Waals surface area contributed by atoms with E-state index in [4.69, 9.17) is 10.5 Å². The number of hydrogen-bond donors (Lipinski definition) is 2. The van der Waals surface area contributed by atoms with Crippen LogP contribution in [0, 0.1) is 5.92 Å². The smallest absolute Gasteiger partial charge is 0.122 e. The molecule has 0 aliphatic carbocycles. The van der Waals surface area contributed by atoms with Gasteiger partial charge in [-0.05, 0) is 42.5 Å². The second-order valence-electron chi connectivity index (χ2n) is 5.01. The summed E-state index contributed by atoms with van der Waals surface area (Å²) in [4.78, 5) is 0. The van der Waals surface area contributed by atoms with Crippen molar-refractivity contribution in [2.75, 3.05) is 18.5 Å². The van der Waals surface area contributed by atoms with Gasteiger partial charge in [0, 0.05) is 18.3 Å². The minimum Gasteiger partial charge on any atom is -0.493 e. The number of ether oxygens (including phenoxy) is 1. The van der Waals surface area contributed by atoms with Gasteiger partial charge in [0.15, 0.2) is 0 Å². The Balaban J connectivity index is 2.11. The Morgan fingerprint density at radius 3 is 2.94 bits per heavy atom. The Kier molecular flexibility index (Phi) is 3.89. The van der Waals surface area contributed by atoms with E-state index in [9.17, 15) is 0 Å². The van der Waals surface area contributed by atoms with Gasteiger partial charge in [0.05, 0.1) is 6.61 Å². The van der Waals surface area contributed by atoms with Crippen LogP contribution in [-0.2, 0) is 6.42 Å². The molecular formula is C14H22N2O.